The van der Waals surface area contributed by atoms with Crippen LogP contribution in [-0.2, 0) is 4.74 Å². The van der Waals surface area contributed by atoms with Crippen LogP contribution in [0.5, 0.6) is 0 Å². The topological polar surface area (TPSA) is 70.0 Å². The van der Waals surface area contributed by atoms with E-state index in [0.29, 0.717) is 24.5 Å². The van der Waals surface area contributed by atoms with Crippen molar-refractivity contribution in [1.29, 1.82) is 0 Å². The Morgan fingerprint density at radius 2 is 1.91 bits per heavy atom. The molecule has 1 aromatic carbocycles. The van der Waals surface area contributed by atoms with Gasteiger partial charge in [-0.1, -0.05) is 24.3 Å². The Labute approximate surface area is 132 Å². The number of rotatable bonds is 2. The second-order valence-corrected chi connectivity index (χ2v) is 6.79. The summed E-state index contributed by atoms with van der Waals surface area (Å²) in [5, 5.41) is 18.5. The van der Waals surface area contributed by atoms with E-state index in [1.165, 1.54) is 0 Å². The van der Waals surface area contributed by atoms with Crippen LogP contribution in [-0.4, -0.2) is 46.9 Å². The highest BCUT2D eigenvalue weighted by molar-refractivity contribution is 6.58. The van der Waals surface area contributed by atoms with Gasteiger partial charge in [-0.3, -0.25) is 0 Å². The van der Waals surface area contributed by atoms with Gasteiger partial charge >= 0.3 is 13.2 Å². The van der Waals surface area contributed by atoms with Crippen LogP contribution in [0.2, 0.25) is 0 Å². The highest BCUT2D eigenvalue weighted by atomic mass is 16.6. The summed E-state index contributed by atoms with van der Waals surface area (Å²) < 4.78 is 5.39. The Hall–Kier alpha value is -1.53. The first-order chi connectivity index (χ1) is 10.3. The van der Waals surface area contributed by atoms with Crippen LogP contribution in [0, 0.1) is 0 Å². The van der Waals surface area contributed by atoms with Gasteiger partial charge in [0.05, 0.1) is 0 Å². The molecule has 6 heteroatoms. The van der Waals surface area contributed by atoms with Gasteiger partial charge in [-0.25, -0.2) is 4.79 Å². The second-order valence-electron chi connectivity index (χ2n) is 6.79. The van der Waals surface area contributed by atoms with Crippen molar-refractivity contribution in [3.63, 3.8) is 0 Å². The van der Waals surface area contributed by atoms with Crippen LogP contribution in [0.1, 0.15) is 45.1 Å². The van der Waals surface area contributed by atoms with E-state index in [2.05, 4.69) is 0 Å². The van der Waals surface area contributed by atoms with E-state index < -0.39 is 12.7 Å². The first kappa shape index (κ1) is 16.8. The van der Waals surface area contributed by atoms with E-state index in [9.17, 15) is 14.8 Å². The van der Waals surface area contributed by atoms with Crippen LogP contribution < -0.4 is 5.46 Å². The fourth-order valence-electron chi connectivity index (χ4n) is 2.70. The van der Waals surface area contributed by atoms with E-state index in [1.807, 2.05) is 39.0 Å². The molecule has 0 aliphatic carbocycles. The summed E-state index contributed by atoms with van der Waals surface area (Å²) in [5.74, 6) is 0.331. The number of hydrogen-bond donors (Lipinski definition) is 2. The summed E-state index contributed by atoms with van der Waals surface area (Å²) in [6.07, 6.45) is 1.44. The minimum Gasteiger partial charge on any atom is -0.444 e. The van der Waals surface area contributed by atoms with Crippen molar-refractivity contribution in [2.24, 2.45) is 0 Å². The Balaban J connectivity index is 1.95. The average molecular weight is 305 g/mol. The van der Waals surface area contributed by atoms with Gasteiger partial charge in [0.25, 0.3) is 0 Å². The molecule has 0 spiro atoms. The van der Waals surface area contributed by atoms with E-state index in [4.69, 9.17) is 4.74 Å². The molecule has 1 heterocycles. The van der Waals surface area contributed by atoms with Gasteiger partial charge in [0.15, 0.2) is 0 Å². The molecule has 0 bridgehead atoms. The maximum absolute atomic E-state index is 12.0. The number of amides is 1. The fraction of sp³-hybridized carbons (Fsp3) is 0.562. The van der Waals surface area contributed by atoms with Gasteiger partial charge in [0.2, 0.25) is 0 Å². The van der Waals surface area contributed by atoms with Crippen molar-refractivity contribution in [2.75, 3.05) is 13.1 Å². The van der Waals surface area contributed by atoms with Gasteiger partial charge in [-0.15, -0.1) is 0 Å². The first-order valence-electron chi connectivity index (χ1n) is 7.70. The number of hydrogen-bond acceptors (Lipinski definition) is 4. The molecule has 1 fully saturated rings. The highest BCUT2D eigenvalue weighted by Gasteiger charge is 2.27. The number of benzene rings is 1. The average Bonchev–Trinajstić information content (AvgIpc) is 2.46. The number of carbonyl (C=O) groups excluding carboxylic acids is 1. The second kappa shape index (κ2) is 6.71. The Morgan fingerprint density at radius 1 is 1.27 bits per heavy atom. The van der Waals surface area contributed by atoms with Crippen molar-refractivity contribution in [3.05, 3.63) is 29.8 Å². The smallest absolute Gasteiger partial charge is 0.444 e. The summed E-state index contributed by atoms with van der Waals surface area (Å²) in [5.41, 5.74) is 1.13. The molecule has 0 unspecified atom stereocenters. The normalized spacial score (nSPS) is 16.5. The van der Waals surface area contributed by atoms with Crippen LogP contribution >= 0.6 is 0 Å². The van der Waals surface area contributed by atoms with Crippen molar-refractivity contribution in [2.45, 2.75) is 45.1 Å². The molecular formula is C16H24BNO4. The zero-order valence-electron chi connectivity index (χ0n) is 13.5. The molecule has 22 heavy (non-hydrogen) atoms. The number of likely N-dealkylation sites (tertiary alicyclic amines) is 1. The molecule has 0 aromatic heterocycles. The minimum atomic E-state index is -1.44. The van der Waals surface area contributed by atoms with Gasteiger partial charge in [-0.05, 0) is 50.6 Å². The third-order valence-electron chi connectivity index (χ3n) is 3.83. The zero-order chi connectivity index (χ0) is 16.3. The molecule has 120 valence electrons. The van der Waals surface area contributed by atoms with E-state index in [-0.39, 0.29) is 6.09 Å². The lowest BCUT2D eigenvalue weighted by molar-refractivity contribution is 0.0205. The monoisotopic (exact) mass is 305 g/mol. The van der Waals surface area contributed by atoms with E-state index in [0.717, 1.165) is 18.4 Å². The molecule has 1 aliphatic heterocycles. The quantitative estimate of drug-likeness (QED) is 0.812. The van der Waals surface area contributed by atoms with E-state index >= 15 is 0 Å². The van der Waals surface area contributed by atoms with Crippen LogP contribution in [0.3, 0.4) is 0 Å². The molecule has 1 saturated heterocycles. The molecule has 0 saturated carbocycles. The third-order valence-corrected chi connectivity index (χ3v) is 3.83. The lowest BCUT2D eigenvalue weighted by Crippen LogP contribution is -2.41. The van der Waals surface area contributed by atoms with E-state index in [1.54, 1.807) is 11.0 Å². The predicted molar refractivity (Wildman–Crippen MR) is 86.0 cm³/mol. The molecule has 2 rings (SSSR count). The predicted octanol–water partition coefficient (Wildman–Crippen LogP) is 1.48. The molecule has 5 nitrogen and oxygen atoms in total. The molecular weight excluding hydrogens is 281 g/mol. The van der Waals surface area contributed by atoms with Crippen LogP contribution in [0.15, 0.2) is 24.3 Å². The van der Waals surface area contributed by atoms with Gasteiger partial charge in [-0.2, -0.15) is 0 Å². The number of nitrogens with zero attached hydrogens (tertiary/aromatic N) is 1. The van der Waals surface area contributed by atoms with Crippen LogP contribution in [0.25, 0.3) is 0 Å². The Morgan fingerprint density at radius 3 is 2.45 bits per heavy atom. The number of piperidine rings is 1. The molecule has 1 amide bonds. The van der Waals surface area contributed by atoms with Crippen molar-refractivity contribution in [3.8, 4) is 0 Å². The summed E-state index contributed by atoms with van der Waals surface area (Å²) in [7, 11) is -1.44. The fourth-order valence-corrected chi connectivity index (χ4v) is 2.70. The summed E-state index contributed by atoms with van der Waals surface area (Å²) in [4.78, 5) is 13.8. The molecule has 1 aromatic rings. The summed E-state index contributed by atoms with van der Waals surface area (Å²) in [6, 6.07) is 7.37. The Bertz CT molecular complexity index is 519. The zero-order valence-corrected chi connectivity index (χ0v) is 13.5. The maximum atomic E-state index is 12.0. The SMILES string of the molecule is CC(C)(C)OC(=O)N1CCC(c2cccc(B(O)O)c2)CC1. The standard InChI is InChI=1S/C16H24BNO4/c1-16(2,3)22-15(19)18-9-7-12(8-10-18)13-5-4-6-14(11-13)17(20)21/h4-6,11-12,20-21H,7-10H2,1-3H3. The van der Waals surface area contributed by atoms with Gasteiger partial charge in [0, 0.05) is 13.1 Å². The van der Waals surface area contributed by atoms with Gasteiger partial charge in [0.1, 0.15) is 5.60 Å². The molecule has 2 N–H and O–H groups in total. The molecule has 0 atom stereocenters. The number of ether oxygens (including phenoxy) is 1. The van der Waals surface area contributed by atoms with Crippen molar-refractivity contribution < 1.29 is 19.6 Å². The summed E-state index contributed by atoms with van der Waals surface area (Å²) >= 11 is 0. The molecule has 1 aliphatic rings. The third kappa shape index (κ3) is 4.48. The number of carbonyl (C=O) groups is 1. The highest BCUT2D eigenvalue weighted by Crippen LogP contribution is 2.28. The van der Waals surface area contributed by atoms with Crippen LogP contribution in [0.4, 0.5) is 4.79 Å². The lowest BCUT2D eigenvalue weighted by atomic mass is 9.77. The molecule has 0 radical (unpaired) electrons. The lowest BCUT2D eigenvalue weighted by Gasteiger charge is -2.33. The van der Waals surface area contributed by atoms with Crippen molar-refractivity contribution >= 4 is 18.7 Å². The minimum absolute atomic E-state index is 0.259. The first-order valence-corrected chi connectivity index (χ1v) is 7.70. The van der Waals surface area contributed by atoms with Crippen molar-refractivity contribution in [1.82, 2.24) is 4.90 Å². The Kier molecular flexibility index (Phi) is 5.14. The van der Waals surface area contributed by atoms with Gasteiger partial charge < -0.3 is 19.7 Å². The largest absolute Gasteiger partial charge is 0.488 e. The summed E-state index contributed by atoms with van der Waals surface area (Å²) in [6.45, 7) is 6.91. The maximum Gasteiger partial charge on any atom is 0.488 e.